The number of fused-ring (bicyclic) bond motifs is 1. The van der Waals surface area contributed by atoms with Crippen LogP contribution in [0.25, 0.3) is 0 Å². The molecule has 0 fully saturated rings. The van der Waals surface area contributed by atoms with Crippen molar-refractivity contribution in [3.8, 4) is 0 Å². The molecule has 0 spiro atoms. The van der Waals surface area contributed by atoms with Gasteiger partial charge in [-0.2, -0.15) is 0 Å². The Hall–Kier alpha value is -1.51. The first-order chi connectivity index (χ1) is 7.81. The summed E-state index contributed by atoms with van der Waals surface area (Å²) >= 11 is 0. The quantitative estimate of drug-likeness (QED) is 0.741. The maximum atomic E-state index is 11.3. The molecule has 88 valence electrons. The number of benzene rings is 1. The Morgan fingerprint density at radius 1 is 1.38 bits per heavy atom. The van der Waals surface area contributed by atoms with Crippen LogP contribution in [-0.2, 0) is 11.2 Å². The molecule has 0 saturated carbocycles. The van der Waals surface area contributed by atoms with Gasteiger partial charge in [0, 0.05) is 12.2 Å². The van der Waals surface area contributed by atoms with Crippen LogP contribution in [0.15, 0.2) is 18.2 Å². The SMILES string of the molecule is CC.COC(=O)c1ccc2c(c1)CCCN2. The summed E-state index contributed by atoms with van der Waals surface area (Å²) in [6.45, 7) is 5.02. The van der Waals surface area contributed by atoms with Crippen molar-refractivity contribution in [1.29, 1.82) is 0 Å². The number of methoxy groups -OCH3 is 1. The maximum absolute atomic E-state index is 11.3. The zero-order chi connectivity index (χ0) is 12.0. The second-order valence-electron chi connectivity index (χ2n) is 3.39. The lowest BCUT2D eigenvalue weighted by Gasteiger charge is -2.18. The third kappa shape index (κ3) is 2.75. The number of carbonyl (C=O) groups is 1. The van der Waals surface area contributed by atoms with E-state index < -0.39 is 0 Å². The summed E-state index contributed by atoms with van der Waals surface area (Å²) in [5.74, 6) is -0.265. The van der Waals surface area contributed by atoms with Gasteiger partial charge in [0.1, 0.15) is 0 Å². The first-order valence-corrected chi connectivity index (χ1v) is 5.76. The van der Waals surface area contributed by atoms with Gasteiger partial charge in [-0.1, -0.05) is 13.8 Å². The fraction of sp³-hybridized carbons (Fsp3) is 0.462. The zero-order valence-electron chi connectivity index (χ0n) is 10.2. The number of esters is 1. The van der Waals surface area contributed by atoms with Crippen LogP contribution in [0.3, 0.4) is 0 Å². The van der Waals surface area contributed by atoms with Crippen LogP contribution in [0.2, 0.25) is 0 Å². The smallest absolute Gasteiger partial charge is 0.337 e. The van der Waals surface area contributed by atoms with Crippen LogP contribution < -0.4 is 5.32 Å². The van der Waals surface area contributed by atoms with E-state index in [1.54, 1.807) is 6.07 Å². The molecule has 2 rings (SSSR count). The molecule has 0 radical (unpaired) electrons. The van der Waals surface area contributed by atoms with Gasteiger partial charge in [0.05, 0.1) is 12.7 Å². The molecule has 0 saturated heterocycles. The summed E-state index contributed by atoms with van der Waals surface area (Å²) in [6, 6.07) is 5.65. The fourth-order valence-corrected chi connectivity index (χ4v) is 1.72. The number of hydrogen-bond acceptors (Lipinski definition) is 3. The third-order valence-corrected chi connectivity index (χ3v) is 2.46. The molecule has 16 heavy (non-hydrogen) atoms. The molecule has 1 aromatic carbocycles. The van der Waals surface area contributed by atoms with Gasteiger partial charge in [-0.05, 0) is 36.6 Å². The highest BCUT2D eigenvalue weighted by atomic mass is 16.5. The summed E-state index contributed by atoms with van der Waals surface area (Å²) in [5.41, 5.74) is 2.98. The summed E-state index contributed by atoms with van der Waals surface area (Å²) in [5, 5.41) is 3.29. The number of carbonyl (C=O) groups excluding carboxylic acids is 1. The molecule has 3 heteroatoms. The average Bonchev–Trinajstić information content (AvgIpc) is 2.39. The molecule has 1 aliphatic rings. The number of ether oxygens (including phenoxy) is 1. The molecular weight excluding hydrogens is 202 g/mol. The van der Waals surface area contributed by atoms with Crippen molar-refractivity contribution in [2.24, 2.45) is 0 Å². The van der Waals surface area contributed by atoms with Crippen molar-refractivity contribution >= 4 is 11.7 Å². The average molecular weight is 221 g/mol. The highest BCUT2D eigenvalue weighted by Gasteiger charge is 2.12. The van der Waals surface area contributed by atoms with Crippen LogP contribution >= 0.6 is 0 Å². The van der Waals surface area contributed by atoms with Gasteiger partial charge in [-0.3, -0.25) is 0 Å². The lowest BCUT2D eigenvalue weighted by molar-refractivity contribution is 0.0600. The van der Waals surface area contributed by atoms with E-state index in [0.29, 0.717) is 5.56 Å². The Kier molecular flexibility index (Phi) is 4.83. The molecule has 1 N–H and O–H groups in total. The fourth-order valence-electron chi connectivity index (χ4n) is 1.72. The third-order valence-electron chi connectivity index (χ3n) is 2.46. The van der Waals surface area contributed by atoms with Crippen LogP contribution in [0, 0.1) is 0 Å². The van der Waals surface area contributed by atoms with Crippen molar-refractivity contribution in [2.45, 2.75) is 26.7 Å². The molecule has 0 bridgehead atoms. The predicted molar refractivity (Wildman–Crippen MR) is 65.9 cm³/mol. The second kappa shape index (κ2) is 6.16. The lowest BCUT2D eigenvalue weighted by atomic mass is 10.0. The van der Waals surface area contributed by atoms with E-state index in [-0.39, 0.29) is 5.97 Å². The molecule has 0 aliphatic carbocycles. The van der Waals surface area contributed by atoms with E-state index in [4.69, 9.17) is 0 Å². The summed E-state index contributed by atoms with van der Waals surface area (Å²) in [4.78, 5) is 11.3. The standard InChI is InChI=1S/C11H13NO2.C2H6/c1-14-11(13)9-4-5-10-8(7-9)3-2-6-12-10;1-2/h4-5,7,12H,2-3,6H2,1H3;1-2H3. The monoisotopic (exact) mass is 221 g/mol. The Balaban J connectivity index is 0.000000606. The van der Waals surface area contributed by atoms with E-state index >= 15 is 0 Å². The van der Waals surface area contributed by atoms with E-state index in [1.165, 1.54) is 12.7 Å². The molecule has 0 aromatic heterocycles. The number of nitrogens with one attached hydrogen (secondary N) is 1. The minimum atomic E-state index is -0.265. The van der Waals surface area contributed by atoms with Crippen LogP contribution in [0.1, 0.15) is 36.2 Å². The van der Waals surface area contributed by atoms with Crippen molar-refractivity contribution in [1.82, 2.24) is 0 Å². The highest BCUT2D eigenvalue weighted by Crippen LogP contribution is 2.22. The van der Waals surface area contributed by atoms with Gasteiger partial charge in [-0.25, -0.2) is 4.79 Å². The minimum Gasteiger partial charge on any atom is -0.465 e. The summed E-state index contributed by atoms with van der Waals surface area (Å²) < 4.78 is 4.67. The highest BCUT2D eigenvalue weighted by molar-refractivity contribution is 5.90. The topological polar surface area (TPSA) is 38.3 Å². The molecule has 0 unspecified atom stereocenters. The maximum Gasteiger partial charge on any atom is 0.337 e. The van der Waals surface area contributed by atoms with Crippen LogP contribution in [-0.4, -0.2) is 19.6 Å². The number of hydrogen-bond donors (Lipinski definition) is 1. The van der Waals surface area contributed by atoms with E-state index in [9.17, 15) is 4.79 Å². The van der Waals surface area contributed by atoms with Crippen molar-refractivity contribution in [3.63, 3.8) is 0 Å². The molecular formula is C13H19NO2. The Labute approximate surface area is 96.8 Å². The van der Waals surface area contributed by atoms with Crippen molar-refractivity contribution in [3.05, 3.63) is 29.3 Å². The second-order valence-corrected chi connectivity index (χ2v) is 3.39. The van der Waals surface area contributed by atoms with E-state index in [2.05, 4.69) is 10.1 Å². The normalized spacial score (nSPS) is 12.7. The Bertz CT molecular complexity index is 361. The minimum absolute atomic E-state index is 0.265. The number of rotatable bonds is 1. The van der Waals surface area contributed by atoms with Crippen molar-refractivity contribution < 1.29 is 9.53 Å². The molecule has 3 nitrogen and oxygen atoms in total. The van der Waals surface area contributed by atoms with Gasteiger partial charge >= 0.3 is 5.97 Å². The summed E-state index contributed by atoms with van der Waals surface area (Å²) in [6.07, 6.45) is 2.16. The van der Waals surface area contributed by atoms with Gasteiger partial charge in [-0.15, -0.1) is 0 Å². The van der Waals surface area contributed by atoms with E-state index in [1.807, 2.05) is 26.0 Å². The molecule has 1 aliphatic heterocycles. The van der Waals surface area contributed by atoms with Gasteiger partial charge in [0.15, 0.2) is 0 Å². The van der Waals surface area contributed by atoms with Crippen LogP contribution in [0.4, 0.5) is 5.69 Å². The first-order valence-electron chi connectivity index (χ1n) is 5.76. The first kappa shape index (κ1) is 12.6. The summed E-state index contributed by atoms with van der Waals surface area (Å²) in [7, 11) is 1.40. The van der Waals surface area contributed by atoms with Crippen LogP contribution in [0.5, 0.6) is 0 Å². The molecule has 0 atom stereocenters. The Morgan fingerprint density at radius 3 is 2.81 bits per heavy atom. The molecule has 0 amide bonds. The number of anilines is 1. The number of aryl methyl sites for hydroxylation is 1. The van der Waals surface area contributed by atoms with Crippen molar-refractivity contribution in [2.75, 3.05) is 19.0 Å². The van der Waals surface area contributed by atoms with Gasteiger partial charge in [0.25, 0.3) is 0 Å². The molecule has 1 heterocycles. The lowest BCUT2D eigenvalue weighted by Crippen LogP contribution is -2.12. The Morgan fingerprint density at radius 2 is 2.12 bits per heavy atom. The van der Waals surface area contributed by atoms with Gasteiger partial charge < -0.3 is 10.1 Å². The predicted octanol–water partition coefficient (Wildman–Crippen LogP) is 2.86. The zero-order valence-corrected chi connectivity index (χ0v) is 10.2. The molecule has 1 aromatic rings. The largest absolute Gasteiger partial charge is 0.465 e. The van der Waals surface area contributed by atoms with E-state index in [0.717, 1.165) is 25.1 Å². The van der Waals surface area contributed by atoms with Gasteiger partial charge in [0.2, 0.25) is 0 Å².